The molecule has 1 nitrogen and oxygen atoms in total. The summed E-state index contributed by atoms with van der Waals surface area (Å²) in [5, 5.41) is 0. The van der Waals surface area contributed by atoms with Gasteiger partial charge in [0.2, 0.25) is 0 Å². The molecular weight excluding hydrogens is 146 g/mol. The van der Waals surface area contributed by atoms with Crippen molar-refractivity contribution >= 4 is 0 Å². The van der Waals surface area contributed by atoms with Crippen molar-refractivity contribution in [1.82, 2.24) is 4.98 Å². The van der Waals surface area contributed by atoms with E-state index in [1.54, 1.807) is 24.3 Å². The Morgan fingerprint density at radius 2 is 2.00 bits per heavy atom. The minimum Gasteiger partial charge on any atom is -0.256 e. The normalized spacial score (nSPS) is 12.0. The molecule has 1 aromatic carbocycles. The molecule has 0 aliphatic rings. The van der Waals surface area contributed by atoms with Crippen LogP contribution < -0.4 is 0 Å². The molecule has 12 heavy (non-hydrogen) atoms. The van der Waals surface area contributed by atoms with Crippen molar-refractivity contribution in [2.75, 3.05) is 0 Å². The summed E-state index contributed by atoms with van der Waals surface area (Å²) in [5.41, 5.74) is 1.72. The zero-order valence-electron chi connectivity index (χ0n) is 8.49. The second-order valence-corrected chi connectivity index (χ2v) is 2.44. The van der Waals surface area contributed by atoms with Gasteiger partial charge in [-0.25, -0.2) is 0 Å². The Hall–Kier alpha value is -1.63. The van der Waals surface area contributed by atoms with Crippen LogP contribution in [0, 0.1) is 0 Å². The van der Waals surface area contributed by atoms with Crippen LogP contribution in [0.5, 0.6) is 0 Å². The SMILES string of the molecule is [2H]c1ccc(-c2cccc([2H])c2)nc1. The summed E-state index contributed by atoms with van der Waals surface area (Å²) in [6, 6.07) is 11.6. The number of hydrogen-bond donors (Lipinski definition) is 0. The number of nitrogens with zero attached hydrogens (tertiary/aromatic N) is 1. The Balaban J connectivity index is 2.44. The molecule has 58 valence electrons. The number of benzene rings is 1. The molecule has 2 aromatic rings. The van der Waals surface area contributed by atoms with Gasteiger partial charge in [-0.05, 0) is 12.1 Å². The maximum atomic E-state index is 7.46. The van der Waals surface area contributed by atoms with E-state index < -0.39 is 0 Å². The van der Waals surface area contributed by atoms with Gasteiger partial charge in [0, 0.05) is 11.8 Å². The second kappa shape index (κ2) is 3.18. The van der Waals surface area contributed by atoms with Crippen molar-refractivity contribution in [3.63, 3.8) is 0 Å². The van der Waals surface area contributed by atoms with Crippen molar-refractivity contribution in [1.29, 1.82) is 0 Å². The summed E-state index contributed by atoms with van der Waals surface area (Å²) in [7, 11) is 0. The lowest BCUT2D eigenvalue weighted by molar-refractivity contribution is 1.33. The molecule has 0 spiro atoms. The van der Waals surface area contributed by atoms with Crippen LogP contribution in [0.3, 0.4) is 0 Å². The molecule has 0 atom stereocenters. The van der Waals surface area contributed by atoms with Gasteiger partial charge in [-0.15, -0.1) is 0 Å². The van der Waals surface area contributed by atoms with Crippen LogP contribution in [0.4, 0.5) is 0 Å². The number of pyridine rings is 1. The lowest BCUT2D eigenvalue weighted by atomic mass is 10.1. The molecule has 0 radical (unpaired) electrons. The summed E-state index contributed by atoms with van der Waals surface area (Å²) in [5.74, 6) is 0. The molecule has 0 aliphatic heterocycles. The van der Waals surface area contributed by atoms with Gasteiger partial charge >= 0.3 is 0 Å². The van der Waals surface area contributed by atoms with Gasteiger partial charge in [0.1, 0.15) is 0 Å². The van der Waals surface area contributed by atoms with Crippen LogP contribution in [0.15, 0.2) is 54.7 Å². The van der Waals surface area contributed by atoms with E-state index in [4.69, 9.17) is 2.74 Å². The van der Waals surface area contributed by atoms with Crippen molar-refractivity contribution < 1.29 is 2.74 Å². The van der Waals surface area contributed by atoms with Gasteiger partial charge in [0.25, 0.3) is 0 Å². The average Bonchev–Trinajstić information content (AvgIpc) is 2.19. The van der Waals surface area contributed by atoms with E-state index in [0.29, 0.717) is 12.1 Å². The highest BCUT2D eigenvalue weighted by atomic mass is 14.7. The Bertz CT molecular complexity index is 437. The van der Waals surface area contributed by atoms with E-state index >= 15 is 0 Å². The van der Waals surface area contributed by atoms with Crippen LogP contribution in [0.2, 0.25) is 0 Å². The Kier molecular flexibility index (Phi) is 1.35. The molecule has 0 saturated carbocycles. The summed E-state index contributed by atoms with van der Waals surface area (Å²) < 4.78 is 14.8. The highest BCUT2D eigenvalue weighted by Gasteiger charge is 1.93. The molecule has 0 N–H and O–H groups in total. The monoisotopic (exact) mass is 157 g/mol. The molecule has 0 amide bonds. The first-order valence-electron chi connectivity index (χ1n) is 4.75. The summed E-state index contributed by atoms with van der Waals surface area (Å²) in [6.07, 6.45) is 1.51. The van der Waals surface area contributed by atoms with E-state index in [2.05, 4.69) is 4.98 Å². The van der Waals surface area contributed by atoms with Crippen LogP contribution in [-0.4, -0.2) is 4.98 Å². The minimum atomic E-state index is 0.399. The third-order valence-corrected chi connectivity index (χ3v) is 1.62. The van der Waals surface area contributed by atoms with Gasteiger partial charge < -0.3 is 0 Å². The smallest absolute Gasteiger partial charge is 0.0701 e. The van der Waals surface area contributed by atoms with Crippen LogP contribution in [0.1, 0.15) is 2.74 Å². The topological polar surface area (TPSA) is 12.9 Å². The van der Waals surface area contributed by atoms with Crippen LogP contribution in [-0.2, 0) is 0 Å². The fraction of sp³-hybridized carbons (Fsp3) is 0. The van der Waals surface area contributed by atoms with Crippen LogP contribution >= 0.6 is 0 Å². The van der Waals surface area contributed by atoms with E-state index in [-0.39, 0.29) is 0 Å². The summed E-state index contributed by atoms with van der Waals surface area (Å²) in [6.45, 7) is 0. The molecule has 1 heteroatoms. The second-order valence-electron chi connectivity index (χ2n) is 2.44. The third kappa shape index (κ3) is 1.35. The first kappa shape index (κ1) is 5.09. The molecule has 1 heterocycles. The predicted octanol–water partition coefficient (Wildman–Crippen LogP) is 2.75. The average molecular weight is 157 g/mol. The predicted molar refractivity (Wildman–Crippen MR) is 49.7 cm³/mol. The maximum Gasteiger partial charge on any atom is 0.0701 e. The molecule has 0 fully saturated rings. The Morgan fingerprint density at radius 1 is 1.00 bits per heavy atom. The first-order valence-corrected chi connectivity index (χ1v) is 3.75. The molecule has 0 aliphatic carbocycles. The lowest BCUT2D eigenvalue weighted by Crippen LogP contribution is -1.79. The van der Waals surface area contributed by atoms with Gasteiger partial charge in [-0.2, -0.15) is 0 Å². The highest BCUT2D eigenvalue weighted by molar-refractivity contribution is 5.58. The van der Waals surface area contributed by atoms with Gasteiger partial charge in [-0.3, -0.25) is 4.98 Å². The van der Waals surface area contributed by atoms with Gasteiger partial charge in [0.15, 0.2) is 0 Å². The zero-order chi connectivity index (χ0) is 9.97. The molecule has 2 rings (SSSR count). The highest BCUT2D eigenvalue weighted by Crippen LogP contribution is 2.14. The maximum absolute atomic E-state index is 7.46. The van der Waals surface area contributed by atoms with E-state index in [9.17, 15) is 0 Å². The largest absolute Gasteiger partial charge is 0.256 e. The zero-order valence-corrected chi connectivity index (χ0v) is 6.49. The number of hydrogen-bond acceptors (Lipinski definition) is 1. The minimum absolute atomic E-state index is 0.399. The van der Waals surface area contributed by atoms with Crippen molar-refractivity contribution in [2.45, 2.75) is 0 Å². The fourth-order valence-corrected chi connectivity index (χ4v) is 1.04. The van der Waals surface area contributed by atoms with Crippen LogP contribution in [0.25, 0.3) is 11.3 Å². The van der Waals surface area contributed by atoms with Gasteiger partial charge in [0.05, 0.1) is 8.44 Å². The molecule has 0 bridgehead atoms. The number of aromatic nitrogens is 1. The standard InChI is InChI=1S/C11H9N/c1-2-6-10(7-3-1)11-8-4-5-9-12-11/h1-9H/i2D,5D. The fourth-order valence-electron chi connectivity index (χ4n) is 1.04. The molecule has 0 saturated heterocycles. The summed E-state index contributed by atoms with van der Waals surface area (Å²) in [4.78, 5) is 4.12. The molecule has 0 unspecified atom stereocenters. The van der Waals surface area contributed by atoms with Gasteiger partial charge in [-0.1, -0.05) is 36.4 Å². The summed E-state index contributed by atoms with van der Waals surface area (Å²) >= 11 is 0. The van der Waals surface area contributed by atoms with E-state index in [0.717, 1.165) is 11.3 Å². The first-order chi connectivity index (χ1) is 6.75. The molecule has 1 aromatic heterocycles. The Labute approximate surface area is 74.5 Å². The van der Waals surface area contributed by atoms with E-state index in [1.807, 2.05) is 12.1 Å². The quantitative estimate of drug-likeness (QED) is 0.620. The number of rotatable bonds is 1. The lowest BCUT2D eigenvalue weighted by Gasteiger charge is -1.97. The molecular formula is C11H9N. The van der Waals surface area contributed by atoms with Crippen molar-refractivity contribution in [2.24, 2.45) is 0 Å². The van der Waals surface area contributed by atoms with Crippen molar-refractivity contribution in [3.8, 4) is 11.3 Å². The third-order valence-electron chi connectivity index (χ3n) is 1.62. The van der Waals surface area contributed by atoms with Crippen molar-refractivity contribution in [3.05, 3.63) is 54.7 Å². The van der Waals surface area contributed by atoms with E-state index in [1.165, 1.54) is 6.20 Å². The Morgan fingerprint density at radius 3 is 2.75 bits per heavy atom.